The summed E-state index contributed by atoms with van der Waals surface area (Å²) in [5, 5.41) is 19.6. The molecule has 1 aliphatic rings. The molecule has 1 unspecified atom stereocenters. The summed E-state index contributed by atoms with van der Waals surface area (Å²) in [6, 6.07) is 21.4. The molecule has 520 valence electrons. The van der Waals surface area contributed by atoms with E-state index in [9.17, 15) is 47.9 Å². The molecule has 9 amide bonds. The van der Waals surface area contributed by atoms with Crippen LogP contribution < -0.4 is 37.2 Å². The van der Waals surface area contributed by atoms with Crippen LogP contribution in [0.15, 0.2) is 84.9 Å². The van der Waals surface area contributed by atoms with E-state index in [1.807, 2.05) is 82.8 Å². The summed E-state index contributed by atoms with van der Waals surface area (Å²) in [7, 11) is 6.37. The van der Waals surface area contributed by atoms with Crippen molar-refractivity contribution in [3.8, 4) is 0 Å². The average Bonchev–Trinajstić information content (AvgIpc) is 1.43. The maximum Gasteiger partial charge on any atom is 0.410 e. The number of aldehydes is 1. The number of rotatable bonds is 41. The number of ether oxygens (including phenoxy) is 3. The number of benzene rings is 3. The second-order valence-electron chi connectivity index (χ2n) is 25.8. The van der Waals surface area contributed by atoms with Gasteiger partial charge in [0.2, 0.25) is 47.3 Å². The van der Waals surface area contributed by atoms with Gasteiger partial charge in [0.05, 0.1) is 37.7 Å². The molecule has 11 atom stereocenters. The zero-order valence-corrected chi connectivity index (χ0v) is 57.8. The molecule has 0 spiro atoms. The van der Waals surface area contributed by atoms with E-state index in [0.717, 1.165) is 36.7 Å². The first-order valence-electron chi connectivity index (χ1n) is 33.4. The number of methoxy groups -OCH3 is 2. The van der Waals surface area contributed by atoms with Crippen LogP contribution in [0, 0.1) is 35.5 Å². The molecule has 0 radical (unpaired) electrons. The number of nitrogens with zero attached hydrogens (tertiary/aromatic N) is 3. The minimum atomic E-state index is -1.09. The molecule has 1 aliphatic heterocycles. The summed E-state index contributed by atoms with van der Waals surface area (Å²) in [6.45, 7) is 17.3. The lowest BCUT2D eigenvalue weighted by Gasteiger charge is -2.42. The van der Waals surface area contributed by atoms with E-state index >= 15 is 0 Å². The van der Waals surface area contributed by atoms with Crippen LogP contribution in [0.1, 0.15) is 130 Å². The Morgan fingerprint density at radius 3 is 1.90 bits per heavy atom. The summed E-state index contributed by atoms with van der Waals surface area (Å²) >= 11 is 0. The lowest BCUT2D eigenvalue weighted by Crippen LogP contribution is -2.59. The summed E-state index contributed by atoms with van der Waals surface area (Å²) in [5.74, 6) is -5.38. The van der Waals surface area contributed by atoms with Crippen LogP contribution >= 0.6 is 0 Å². The lowest BCUT2D eigenvalue weighted by atomic mass is 9.81. The molecular weight excluding hydrogens is 1200 g/mol. The van der Waals surface area contributed by atoms with E-state index in [1.165, 1.54) is 11.9 Å². The fourth-order valence-corrected chi connectivity index (χ4v) is 12.3. The first kappa shape index (κ1) is 78.7. The van der Waals surface area contributed by atoms with Crippen LogP contribution in [-0.2, 0) is 76.8 Å². The second kappa shape index (κ2) is 41.2. The number of likely N-dealkylation sites (tertiary alicyclic amines) is 1. The van der Waals surface area contributed by atoms with Crippen LogP contribution in [0.3, 0.4) is 0 Å². The van der Waals surface area contributed by atoms with Gasteiger partial charge in [0, 0.05) is 84.5 Å². The standard InChI is InChI=1S/C71H108N10O13/c1-14-16-24-54(44-82)40-72-41-59(83)73-42-61(85)77-57(38-52-27-21-18-22-28-52)68(88)74-43-60(84)76-56-32-30-53(31-33-56)45-94-71(91)80(11)64(47(5)6)69(89)78-63(46(3)4)70(90)79(10)65(48(7)15-2)55(34-36-92-12)39-62(86)81-35-23-29-58(81)66(93-13)50(9)67(87)75-49(8)37-51-25-19-17-20-26-51/h17-22,25-28,30-33,44,46-50,54-55,57-58,63-66,72H,14-16,23-24,29,34-43,45H2,1-13H3,(H,73,83)(H,74,88)(H,75,87)(H,76,84)(H,77,85)(H,78,89)/t48-,49+,50+,54?,55+,57-,58-,63-,64-,65-,66+/m0/s1. The first-order valence-corrected chi connectivity index (χ1v) is 33.4. The van der Waals surface area contributed by atoms with Gasteiger partial charge in [0.15, 0.2) is 0 Å². The van der Waals surface area contributed by atoms with E-state index in [2.05, 4.69) is 44.1 Å². The van der Waals surface area contributed by atoms with Crippen molar-refractivity contribution in [1.82, 2.24) is 46.6 Å². The number of likely N-dealkylation sites (N-methyl/N-ethyl adjacent to an activating group) is 2. The third-order valence-electron chi connectivity index (χ3n) is 17.6. The zero-order chi connectivity index (χ0) is 69.4. The normalized spacial score (nSPS) is 16.2. The topological polar surface area (TPSA) is 292 Å². The molecule has 1 saturated heterocycles. The van der Waals surface area contributed by atoms with Crippen LogP contribution in [-0.4, -0.2) is 184 Å². The van der Waals surface area contributed by atoms with Crippen molar-refractivity contribution < 1.29 is 62.2 Å². The SMILES string of the molecule is CCCCC(C=O)CNCC(=O)NCC(=O)N[C@@H](Cc1ccccc1)C(=O)NCC(=O)Nc1ccc(COC(=O)N(C)[C@H](C(=O)N[C@H](C(=O)N(C)[C@H]([C@H](CCOC)CC(=O)N2CCC[C@H]2[C@H](OC)[C@@H](C)C(=O)N[C@H](C)Cc2ccccc2)[C@@H](C)CC)C(C)C)C(C)C)cc1. The Bertz CT molecular complexity index is 2860. The number of nitrogens with one attached hydrogen (secondary N) is 7. The highest BCUT2D eigenvalue weighted by Crippen LogP contribution is 2.33. The second-order valence-corrected chi connectivity index (χ2v) is 25.8. The number of amides is 9. The molecule has 3 aromatic carbocycles. The number of carbonyl (C=O) groups excluding carboxylic acids is 10. The first-order chi connectivity index (χ1) is 44.9. The molecule has 23 heteroatoms. The molecule has 1 heterocycles. The average molecular weight is 1310 g/mol. The van der Waals surface area contributed by atoms with E-state index in [1.54, 1.807) is 88.5 Å². The van der Waals surface area contributed by atoms with E-state index < -0.39 is 90.8 Å². The predicted octanol–water partition coefficient (Wildman–Crippen LogP) is 6.22. The molecule has 3 aromatic rings. The Hall–Kier alpha value is -7.76. The fourth-order valence-electron chi connectivity index (χ4n) is 12.3. The van der Waals surface area contributed by atoms with Crippen molar-refractivity contribution >= 4 is 65.3 Å². The van der Waals surface area contributed by atoms with E-state index in [4.69, 9.17) is 14.2 Å². The van der Waals surface area contributed by atoms with Crippen molar-refractivity contribution in [2.45, 2.75) is 175 Å². The minimum absolute atomic E-state index is 0.0726. The number of anilines is 1. The Morgan fingerprint density at radius 1 is 0.681 bits per heavy atom. The van der Waals surface area contributed by atoms with Gasteiger partial charge >= 0.3 is 6.09 Å². The van der Waals surface area contributed by atoms with Crippen LogP contribution in [0.25, 0.3) is 0 Å². The maximum atomic E-state index is 15.0. The minimum Gasteiger partial charge on any atom is -0.445 e. The van der Waals surface area contributed by atoms with Crippen LogP contribution in [0.5, 0.6) is 0 Å². The highest BCUT2D eigenvalue weighted by Gasteiger charge is 2.43. The van der Waals surface area contributed by atoms with E-state index in [0.29, 0.717) is 63.1 Å². The highest BCUT2D eigenvalue weighted by molar-refractivity contribution is 5.97. The van der Waals surface area contributed by atoms with Gasteiger partial charge in [0.25, 0.3) is 0 Å². The zero-order valence-electron chi connectivity index (χ0n) is 57.8. The molecule has 0 saturated carbocycles. The molecule has 23 nitrogen and oxygen atoms in total. The largest absolute Gasteiger partial charge is 0.445 e. The van der Waals surface area contributed by atoms with Crippen molar-refractivity contribution in [2.24, 2.45) is 35.5 Å². The number of hydrogen-bond acceptors (Lipinski definition) is 14. The number of carbonyl (C=O) groups is 10. The van der Waals surface area contributed by atoms with E-state index in [-0.39, 0.29) is 79.5 Å². The summed E-state index contributed by atoms with van der Waals surface area (Å²) in [4.78, 5) is 140. The van der Waals surface area contributed by atoms with Gasteiger partial charge in [-0.15, -0.1) is 0 Å². The van der Waals surface area contributed by atoms with Gasteiger partial charge in [0.1, 0.15) is 31.0 Å². The number of hydrogen-bond donors (Lipinski definition) is 7. The van der Waals surface area contributed by atoms with Crippen LogP contribution in [0.2, 0.25) is 0 Å². The van der Waals surface area contributed by atoms with Gasteiger partial charge in [-0.1, -0.05) is 147 Å². The number of unbranched alkanes of at least 4 members (excludes halogenated alkanes) is 1. The third-order valence-corrected chi connectivity index (χ3v) is 17.6. The molecule has 4 rings (SSSR count). The highest BCUT2D eigenvalue weighted by atomic mass is 16.6. The van der Waals surface area contributed by atoms with Gasteiger partial charge in [-0.2, -0.15) is 0 Å². The monoisotopic (exact) mass is 1310 g/mol. The lowest BCUT2D eigenvalue weighted by molar-refractivity contribution is -0.144. The third kappa shape index (κ3) is 25.5. The van der Waals surface area contributed by atoms with Gasteiger partial charge in [-0.25, -0.2) is 4.79 Å². The van der Waals surface area contributed by atoms with Gasteiger partial charge in [-0.3, -0.25) is 43.3 Å². The van der Waals surface area contributed by atoms with Crippen LogP contribution in [0.4, 0.5) is 10.5 Å². The summed E-state index contributed by atoms with van der Waals surface area (Å²) in [6.07, 6.45) is 5.54. The molecule has 1 fully saturated rings. The molecular formula is C71H108N10O13. The quantitative estimate of drug-likeness (QED) is 0.0311. The summed E-state index contributed by atoms with van der Waals surface area (Å²) in [5.41, 5.74) is 2.80. The molecule has 0 bridgehead atoms. The predicted molar refractivity (Wildman–Crippen MR) is 362 cm³/mol. The summed E-state index contributed by atoms with van der Waals surface area (Å²) < 4.78 is 17.3. The van der Waals surface area contributed by atoms with Crippen molar-refractivity contribution in [2.75, 3.05) is 73.0 Å². The molecule has 0 aliphatic carbocycles. The fraction of sp³-hybridized carbons (Fsp3) is 0.606. The van der Waals surface area contributed by atoms with Crippen molar-refractivity contribution in [3.05, 3.63) is 102 Å². The smallest absolute Gasteiger partial charge is 0.410 e. The Balaban J connectivity index is 1.35. The Labute approximate surface area is 557 Å². The van der Waals surface area contributed by atoms with Gasteiger partial charge in [-0.05, 0) is 91.5 Å². The molecule has 0 aromatic heterocycles. The Morgan fingerprint density at radius 2 is 1.32 bits per heavy atom. The molecule has 94 heavy (non-hydrogen) atoms. The molecule has 7 N–H and O–H groups in total. The van der Waals surface area contributed by atoms with Crippen molar-refractivity contribution in [3.63, 3.8) is 0 Å². The van der Waals surface area contributed by atoms with Gasteiger partial charge < -0.3 is 66.0 Å². The maximum absolute atomic E-state index is 15.0. The van der Waals surface area contributed by atoms with Crippen molar-refractivity contribution in [1.29, 1.82) is 0 Å². The Kier molecular flexibility index (Phi) is 34.4.